The first-order chi connectivity index (χ1) is 9.56. The van der Waals surface area contributed by atoms with E-state index in [9.17, 15) is 5.11 Å². The Balaban J connectivity index is 2.30. The molecule has 0 spiro atoms. The fraction of sp³-hybridized carbons (Fsp3) is 0.562. The molecule has 1 aromatic carbocycles. The molecule has 1 unspecified atom stereocenters. The normalized spacial score (nSPS) is 21.6. The summed E-state index contributed by atoms with van der Waals surface area (Å²) in [5.41, 5.74) is 2.55. The molecular weight excluding hydrogens is 250 g/mol. The van der Waals surface area contributed by atoms with Gasteiger partial charge in [-0.1, -0.05) is 13.0 Å². The number of nitrogens with zero attached hydrogens (tertiary/aromatic N) is 3. The van der Waals surface area contributed by atoms with Crippen LogP contribution in [0, 0.1) is 11.3 Å². The molecule has 0 amide bonds. The first-order valence-electron chi connectivity index (χ1n) is 7.28. The maximum Gasteiger partial charge on any atom is 0.0992 e. The lowest BCUT2D eigenvalue weighted by molar-refractivity contribution is 0.192. The molecule has 108 valence electrons. The zero-order valence-electron chi connectivity index (χ0n) is 12.5. The summed E-state index contributed by atoms with van der Waals surface area (Å²) in [7, 11) is 0. The number of anilines is 1. The predicted molar refractivity (Wildman–Crippen MR) is 80.7 cm³/mol. The quantitative estimate of drug-likeness (QED) is 0.916. The van der Waals surface area contributed by atoms with Crippen molar-refractivity contribution in [2.24, 2.45) is 0 Å². The Labute approximate surface area is 121 Å². The van der Waals surface area contributed by atoms with E-state index in [4.69, 9.17) is 5.26 Å². The van der Waals surface area contributed by atoms with Crippen LogP contribution in [-0.4, -0.2) is 42.2 Å². The minimum Gasteiger partial charge on any atom is -0.389 e. The van der Waals surface area contributed by atoms with Gasteiger partial charge in [0, 0.05) is 36.9 Å². The molecule has 0 saturated carbocycles. The van der Waals surface area contributed by atoms with Crippen LogP contribution in [0.25, 0.3) is 0 Å². The summed E-state index contributed by atoms with van der Waals surface area (Å²) in [6, 6.07) is 8.22. The van der Waals surface area contributed by atoms with Crippen molar-refractivity contribution in [2.75, 3.05) is 31.1 Å². The second-order valence-corrected chi connectivity index (χ2v) is 5.48. The van der Waals surface area contributed by atoms with Gasteiger partial charge < -0.3 is 10.0 Å². The summed E-state index contributed by atoms with van der Waals surface area (Å²) >= 11 is 0. The first-order valence-corrected chi connectivity index (χ1v) is 7.28. The van der Waals surface area contributed by atoms with E-state index in [-0.39, 0.29) is 0 Å². The Bertz CT molecular complexity index is 507. The molecule has 0 aromatic heterocycles. The number of benzene rings is 1. The van der Waals surface area contributed by atoms with E-state index in [0.29, 0.717) is 11.6 Å². The molecular formula is C16H23N3O. The summed E-state index contributed by atoms with van der Waals surface area (Å²) in [6.07, 6.45) is -0.516. The van der Waals surface area contributed by atoms with E-state index < -0.39 is 6.10 Å². The largest absolute Gasteiger partial charge is 0.389 e. The van der Waals surface area contributed by atoms with E-state index >= 15 is 0 Å². The van der Waals surface area contributed by atoms with Gasteiger partial charge in [0.1, 0.15) is 0 Å². The number of piperazine rings is 1. The van der Waals surface area contributed by atoms with Crippen molar-refractivity contribution in [1.29, 1.82) is 5.26 Å². The summed E-state index contributed by atoms with van der Waals surface area (Å²) < 4.78 is 0. The van der Waals surface area contributed by atoms with E-state index in [1.165, 1.54) is 0 Å². The van der Waals surface area contributed by atoms with Crippen LogP contribution in [-0.2, 0) is 0 Å². The highest BCUT2D eigenvalue weighted by molar-refractivity contribution is 5.59. The maximum atomic E-state index is 9.94. The topological polar surface area (TPSA) is 50.5 Å². The number of rotatable bonds is 3. The zero-order chi connectivity index (χ0) is 14.7. The van der Waals surface area contributed by atoms with Crippen molar-refractivity contribution in [3.05, 3.63) is 29.3 Å². The molecule has 20 heavy (non-hydrogen) atoms. The summed E-state index contributed by atoms with van der Waals surface area (Å²) in [4.78, 5) is 4.74. The third kappa shape index (κ3) is 2.95. The molecule has 4 heteroatoms. The van der Waals surface area contributed by atoms with Crippen molar-refractivity contribution < 1.29 is 5.11 Å². The van der Waals surface area contributed by atoms with Crippen LogP contribution >= 0.6 is 0 Å². The van der Waals surface area contributed by atoms with E-state index in [1.807, 2.05) is 12.1 Å². The first kappa shape index (κ1) is 14.8. The number of hydrogen-bond donors (Lipinski definition) is 1. The van der Waals surface area contributed by atoms with Crippen molar-refractivity contribution >= 4 is 5.69 Å². The minimum absolute atomic E-state index is 0.487. The summed E-state index contributed by atoms with van der Waals surface area (Å²) in [5, 5.41) is 19.0. The third-order valence-electron chi connectivity index (χ3n) is 4.12. The molecule has 1 N–H and O–H groups in total. The summed E-state index contributed by atoms with van der Waals surface area (Å²) in [6.45, 7) is 10.1. The average molecular weight is 273 g/mol. The smallest absolute Gasteiger partial charge is 0.0992 e. The van der Waals surface area contributed by atoms with Crippen LogP contribution in [0.5, 0.6) is 0 Å². The Morgan fingerprint density at radius 1 is 1.45 bits per heavy atom. The maximum absolute atomic E-state index is 9.94. The average Bonchev–Trinajstić information content (AvgIpc) is 2.46. The van der Waals surface area contributed by atoms with Gasteiger partial charge in [-0.2, -0.15) is 5.26 Å². The van der Waals surface area contributed by atoms with Crippen LogP contribution < -0.4 is 4.90 Å². The van der Waals surface area contributed by atoms with Gasteiger partial charge >= 0.3 is 0 Å². The molecule has 0 radical (unpaired) electrons. The molecule has 1 aromatic rings. The highest BCUT2D eigenvalue weighted by Gasteiger charge is 2.24. The van der Waals surface area contributed by atoms with Gasteiger partial charge in [0.15, 0.2) is 0 Å². The van der Waals surface area contributed by atoms with Crippen LogP contribution in [0.3, 0.4) is 0 Å². The number of aliphatic hydroxyl groups is 1. The van der Waals surface area contributed by atoms with E-state index in [2.05, 4.69) is 29.7 Å². The number of hydrogen-bond acceptors (Lipinski definition) is 4. The fourth-order valence-electron chi connectivity index (χ4n) is 2.92. The van der Waals surface area contributed by atoms with Crippen LogP contribution in [0.2, 0.25) is 0 Å². The molecule has 2 atom stereocenters. The number of aliphatic hydroxyl groups excluding tert-OH is 1. The highest BCUT2D eigenvalue weighted by Crippen LogP contribution is 2.29. The lowest BCUT2D eigenvalue weighted by atomic mass is 10.0. The monoisotopic (exact) mass is 273 g/mol. The van der Waals surface area contributed by atoms with Gasteiger partial charge in [0.05, 0.1) is 17.7 Å². The van der Waals surface area contributed by atoms with Gasteiger partial charge in [-0.05, 0) is 32.5 Å². The van der Waals surface area contributed by atoms with Gasteiger partial charge in [0.2, 0.25) is 0 Å². The van der Waals surface area contributed by atoms with Gasteiger partial charge in [0.25, 0.3) is 0 Å². The lowest BCUT2D eigenvalue weighted by Crippen LogP contribution is -2.52. The highest BCUT2D eigenvalue weighted by atomic mass is 16.3. The van der Waals surface area contributed by atoms with Crippen molar-refractivity contribution in [3.63, 3.8) is 0 Å². The van der Waals surface area contributed by atoms with Crippen LogP contribution in [0.15, 0.2) is 18.2 Å². The molecule has 1 aliphatic heterocycles. The number of nitriles is 1. The van der Waals surface area contributed by atoms with Gasteiger partial charge in [-0.3, -0.25) is 4.90 Å². The molecule has 0 bridgehead atoms. The van der Waals surface area contributed by atoms with Gasteiger partial charge in [-0.15, -0.1) is 0 Å². The molecule has 0 aliphatic carbocycles. The Morgan fingerprint density at radius 3 is 2.75 bits per heavy atom. The number of likely N-dealkylation sites (N-methyl/N-ethyl adjacent to an activating group) is 1. The molecule has 1 saturated heterocycles. The van der Waals surface area contributed by atoms with Crippen molar-refractivity contribution in [3.8, 4) is 6.07 Å². The van der Waals surface area contributed by atoms with Crippen molar-refractivity contribution in [2.45, 2.75) is 32.9 Å². The zero-order valence-corrected chi connectivity index (χ0v) is 12.5. The Morgan fingerprint density at radius 2 is 2.20 bits per heavy atom. The summed E-state index contributed by atoms with van der Waals surface area (Å²) in [5.74, 6) is 0. The standard InChI is InChI=1S/C16H23N3O/c1-4-18-7-8-19(11-12(18)2)16-9-14(10-17)5-6-15(16)13(3)20/h5-6,9,12-13,20H,4,7-8,11H2,1-3H3/t12?,13-/m1/s1. The predicted octanol–water partition coefficient (Wildman–Crippen LogP) is 2.14. The second-order valence-electron chi connectivity index (χ2n) is 5.48. The minimum atomic E-state index is -0.516. The molecule has 1 fully saturated rings. The molecule has 1 aliphatic rings. The Hall–Kier alpha value is -1.57. The van der Waals surface area contributed by atoms with E-state index in [0.717, 1.165) is 37.4 Å². The van der Waals surface area contributed by atoms with E-state index in [1.54, 1.807) is 13.0 Å². The van der Waals surface area contributed by atoms with Gasteiger partial charge in [-0.25, -0.2) is 0 Å². The third-order valence-corrected chi connectivity index (χ3v) is 4.12. The van der Waals surface area contributed by atoms with Crippen LogP contribution in [0.1, 0.15) is 38.0 Å². The molecule has 4 nitrogen and oxygen atoms in total. The fourth-order valence-corrected chi connectivity index (χ4v) is 2.92. The molecule has 1 heterocycles. The van der Waals surface area contributed by atoms with Crippen LogP contribution in [0.4, 0.5) is 5.69 Å². The Kier molecular flexibility index (Phi) is 4.64. The van der Waals surface area contributed by atoms with Crippen molar-refractivity contribution in [1.82, 2.24) is 4.90 Å². The lowest BCUT2D eigenvalue weighted by Gasteiger charge is -2.41. The SMILES string of the molecule is CCN1CCN(c2cc(C#N)ccc2[C@@H](C)O)CC1C. The second kappa shape index (κ2) is 6.25. The molecule has 2 rings (SSSR count).